The molecular formula is C15H15NO4. The van der Waals surface area contributed by atoms with E-state index in [4.69, 9.17) is 9.84 Å². The highest BCUT2D eigenvalue weighted by Gasteiger charge is 2.11. The minimum atomic E-state index is -0.387. The molecule has 0 fully saturated rings. The normalized spacial score (nSPS) is 10.2. The van der Waals surface area contributed by atoms with Gasteiger partial charge in [0.1, 0.15) is 5.75 Å². The number of ether oxygens (including phenoxy) is 1. The maximum Gasteiger partial charge on any atom is 0.272 e. The quantitative estimate of drug-likeness (QED) is 0.648. The van der Waals surface area contributed by atoms with Crippen LogP contribution < -0.4 is 4.74 Å². The van der Waals surface area contributed by atoms with Crippen molar-refractivity contribution in [3.8, 4) is 5.75 Å². The second kappa shape index (κ2) is 6.68. The number of hydrogen-bond acceptors (Lipinski definition) is 4. The molecule has 0 aliphatic rings. The van der Waals surface area contributed by atoms with E-state index < -0.39 is 0 Å². The van der Waals surface area contributed by atoms with Gasteiger partial charge >= 0.3 is 0 Å². The van der Waals surface area contributed by atoms with Gasteiger partial charge in [-0.05, 0) is 17.7 Å². The van der Waals surface area contributed by atoms with Gasteiger partial charge in [0, 0.05) is 18.1 Å². The Bertz CT molecular complexity index is 598. The lowest BCUT2D eigenvalue weighted by Gasteiger charge is -2.07. The molecule has 2 rings (SSSR count). The highest BCUT2D eigenvalue weighted by atomic mass is 16.6. The van der Waals surface area contributed by atoms with Crippen molar-refractivity contribution >= 4 is 5.69 Å². The third-order valence-corrected chi connectivity index (χ3v) is 2.91. The van der Waals surface area contributed by atoms with Gasteiger partial charge in [0.2, 0.25) is 0 Å². The summed E-state index contributed by atoms with van der Waals surface area (Å²) in [5.74, 6) is 0.648. The van der Waals surface area contributed by atoms with Crippen LogP contribution in [0.5, 0.6) is 5.75 Å². The van der Waals surface area contributed by atoms with Crippen LogP contribution in [0.15, 0.2) is 48.5 Å². The van der Waals surface area contributed by atoms with Crippen LogP contribution in [-0.2, 0) is 13.0 Å². The zero-order valence-corrected chi connectivity index (χ0v) is 10.9. The van der Waals surface area contributed by atoms with E-state index in [9.17, 15) is 10.1 Å². The monoisotopic (exact) mass is 273 g/mol. The Morgan fingerprint density at radius 3 is 2.70 bits per heavy atom. The van der Waals surface area contributed by atoms with E-state index >= 15 is 0 Å². The van der Waals surface area contributed by atoms with Crippen LogP contribution in [0.2, 0.25) is 0 Å². The molecule has 2 aromatic carbocycles. The fourth-order valence-electron chi connectivity index (χ4n) is 1.91. The molecule has 1 N–H and O–H groups in total. The van der Waals surface area contributed by atoms with Gasteiger partial charge in [-0.25, -0.2) is 0 Å². The molecule has 0 unspecified atom stereocenters. The summed E-state index contributed by atoms with van der Waals surface area (Å²) in [5, 5.41) is 19.9. The van der Waals surface area contributed by atoms with Crippen molar-refractivity contribution < 1.29 is 14.8 Å². The average Bonchev–Trinajstić information content (AvgIpc) is 2.48. The molecule has 0 aliphatic carbocycles. The van der Waals surface area contributed by atoms with E-state index in [-0.39, 0.29) is 17.2 Å². The SMILES string of the molecule is O=[N+]([O-])c1ccccc1CCOc1cccc(CO)c1. The summed E-state index contributed by atoms with van der Waals surface area (Å²) < 4.78 is 5.55. The van der Waals surface area contributed by atoms with E-state index in [1.54, 1.807) is 42.5 Å². The largest absolute Gasteiger partial charge is 0.493 e. The molecule has 0 atom stereocenters. The number of hydrogen-bond donors (Lipinski definition) is 1. The molecule has 104 valence electrons. The number of para-hydroxylation sites is 1. The Kier molecular flexibility index (Phi) is 4.68. The third kappa shape index (κ3) is 3.55. The molecular weight excluding hydrogens is 258 g/mol. The Balaban J connectivity index is 1.97. The lowest BCUT2D eigenvalue weighted by molar-refractivity contribution is -0.385. The first-order valence-electron chi connectivity index (χ1n) is 6.25. The molecule has 0 aromatic heterocycles. The van der Waals surface area contributed by atoms with E-state index in [1.165, 1.54) is 6.07 Å². The fraction of sp³-hybridized carbons (Fsp3) is 0.200. The Morgan fingerprint density at radius 1 is 1.15 bits per heavy atom. The van der Waals surface area contributed by atoms with Crippen LogP contribution in [0.3, 0.4) is 0 Å². The molecule has 0 radical (unpaired) electrons. The van der Waals surface area contributed by atoms with Gasteiger partial charge in [-0.2, -0.15) is 0 Å². The van der Waals surface area contributed by atoms with E-state index in [1.807, 2.05) is 0 Å². The van der Waals surface area contributed by atoms with Crippen LogP contribution in [0.4, 0.5) is 5.69 Å². The number of nitrogens with zero attached hydrogens (tertiary/aromatic N) is 1. The highest BCUT2D eigenvalue weighted by Crippen LogP contribution is 2.19. The predicted molar refractivity (Wildman–Crippen MR) is 74.7 cm³/mol. The first-order valence-corrected chi connectivity index (χ1v) is 6.25. The lowest BCUT2D eigenvalue weighted by Crippen LogP contribution is -2.04. The van der Waals surface area contributed by atoms with Crippen molar-refractivity contribution in [2.75, 3.05) is 6.61 Å². The van der Waals surface area contributed by atoms with E-state index in [2.05, 4.69) is 0 Å². The van der Waals surface area contributed by atoms with Gasteiger partial charge in [-0.15, -0.1) is 0 Å². The van der Waals surface area contributed by atoms with Gasteiger partial charge in [0.25, 0.3) is 5.69 Å². The van der Waals surface area contributed by atoms with Crippen molar-refractivity contribution in [3.05, 3.63) is 69.8 Å². The Hall–Kier alpha value is -2.40. The van der Waals surface area contributed by atoms with Crippen molar-refractivity contribution in [1.82, 2.24) is 0 Å². The zero-order valence-electron chi connectivity index (χ0n) is 10.9. The van der Waals surface area contributed by atoms with E-state index in [0.717, 1.165) is 5.56 Å². The summed E-state index contributed by atoms with van der Waals surface area (Å²) in [6.07, 6.45) is 0.459. The molecule has 0 bridgehead atoms. The highest BCUT2D eigenvalue weighted by molar-refractivity contribution is 5.40. The fourth-order valence-corrected chi connectivity index (χ4v) is 1.91. The van der Waals surface area contributed by atoms with Gasteiger partial charge in [-0.1, -0.05) is 30.3 Å². The summed E-state index contributed by atoms with van der Waals surface area (Å²) in [4.78, 5) is 10.5. The second-order valence-corrected chi connectivity index (χ2v) is 4.29. The first-order chi connectivity index (χ1) is 9.70. The molecule has 0 spiro atoms. The smallest absolute Gasteiger partial charge is 0.272 e. The van der Waals surface area contributed by atoms with Gasteiger partial charge in [0.15, 0.2) is 0 Å². The van der Waals surface area contributed by atoms with Crippen LogP contribution in [0.25, 0.3) is 0 Å². The molecule has 0 amide bonds. The van der Waals surface area contributed by atoms with Crippen LogP contribution in [0.1, 0.15) is 11.1 Å². The molecule has 0 saturated carbocycles. The number of nitro groups is 1. The predicted octanol–water partition coefficient (Wildman–Crippen LogP) is 2.71. The molecule has 20 heavy (non-hydrogen) atoms. The van der Waals surface area contributed by atoms with Gasteiger partial charge < -0.3 is 9.84 Å². The molecule has 2 aromatic rings. The number of rotatable bonds is 6. The summed E-state index contributed by atoms with van der Waals surface area (Å²) in [6.45, 7) is 0.307. The standard InChI is InChI=1S/C15H15NO4/c17-11-12-4-3-6-14(10-12)20-9-8-13-5-1-2-7-15(13)16(18)19/h1-7,10,17H,8-9,11H2. The maximum atomic E-state index is 10.9. The molecule has 0 heterocycles. The maximum absolute atomic E-state index is 10.9. The molecule has 5 heteroatoms. The van der Waals surface area contributed by atoms with Crippen LogP contribution >= 0.6 is 0 Å². The van der Waals surface area contributed by atoms with Crippen molar-refractivity contribution in [3.63, 3.8) is 0 Å². The minimum Gasteiger partial charge on any atom is -0.493 e. The Morgan fingerprint density at radius 2 is 1.95 bits per heavy atom. The summed E-state index contributed by atoms with van der Waals surface area (Å²) in [7, 11) is 0. The number of benzene rings is 2. The van der Waals surface area contributed by atoms with Crippen molar-refractivity contribution in [2.24, 2.45) is 0 Å². The molecule has 5 nitrogen and oxygen atoms in total. The van der Waals surface area contributed by atoms with Crippen molar-refractivity contribution in [2.45, 2.75) is 13.0 Å². The number of aliphatic hydroxyl groups is 1. The van der Waals surface area contributed by atoms with Crippen molar-refractivity contribution in [1.29, 1.82) is 0 Å². The first kappa shape index (κ1) is 14.0. The van der Waals surface area contributed by atoms with Crippen LogP contribution in [-0.4, -0.2) is 16.6 Å². The van der Waals surface area contributed by atoms with Gasteiger partial charge in [-0.3, -0.25) is 10.1 Å². The summed E-state index contributed by atoms with van der Waals surface area (Å²) >= 11 is 0. The minimum absolute atomic E-state index is 0.0403. The average molecular weight is 273 g/mol. The molecule has 0 aliphatic heterocycles. The summed E-state index contributed by atoms with van der Waals surface area (Å²) in [6, 6.07) is 13.8. The Labute approximate surface area is 116 Å². The third-order valence-electron chi connectivity index (χ3n) is 2.91. The summed E-state index contributed by atoms with van der Waals surface area (Å²) in [5.41, 5.74) is 1.53. The topological polar surface area (TPSA) is 72.6 Å². The number of aliphatic hydroxyl groups excluding tert-OH is 1. The van der Waals surface area contributed by atoms with Gasteiger partial charge in [0.05, 0.1) is 18.1 Å². The zero-order chi connectivity index (χ0) is 14.4. The molecule has 0 saturated heterocycles. The second-order valence-electron chi connectivity index (χ2n) is 4.29. The van der Waals surface area contributed by atoms with Crippen LogP contribution in [0, 0.1) is 10.1 Å². The van der Waals surface area contributed by atoms with E-state index in [0.29, 0.717) is 24.3 Å². The lowest BCUT2D eigenvalue weighted by atomic mass is 10.1. The number of nitro benzene ring substituents is 1.